The Morgan fingerprint density at radius 1 is 1.11 bits per heavy atom. The van der Waals surface area contributed by atoms with Gasteiger partial charge in [-0.05, 0) is 62.5 Å². The average Bonchev–Trinajstić information content (AvgIpc) is 2.47. The van der Waals surface area contributed by atoms with Crippen LogP contribution in [0.15, 0.2) is 36.4 Å². The van der Waals surface area contributed by atoms with Crippen molar-refractivity contribution in [2.45, 2.75) is 52.1 Å². The molecule has 2 rings (SSSR count). The van der Waals surface area contributed by atoms with Crippen LogP contribution >= 0.6 is 0 Å². The van der Waals surface area contributed by atoms with Gasteiger partial charge in [0.15, 0.2) is 0 Å². The first-order chi connectivity index (χ1) is 9.33. The zero-order valence-corrected chi connectivity index (χ0v) is 12.3. The van der Waals surface area contributed by atoms with E-state index in [9.17, 15) is 0 Å². The predicted molar refractivity (Wildman–Crippen MR) is 81.3 cm³/mol. The van der Waals surface area contributed by atoms with Gasteiger partial charge in [-0.2, -0.15) is 0 Å². The number of hydrogen-bond donors (Lipinski definition) is 0. The van der Waals surface area contributed by atoms with Crippen LogP contribution in [0.4, 0.5) is 0 Å². The van der Waals surface area contributed by atoms with Crippen molar-refractivity contribution >= 4 is 0 Å². The third-order valence-electron chi connectivity index (χ3n) is 4.16. The van der Waals surface area contributed by atoms with Gasteiger partial charge in [0.1, 0.15) is 0 Å². The molecule has 1 aliphatic rings. The van der Waals surface area contributed by atoms with E-state index in [0.29, 0.717) is 0 Å². The van der Waals surface area contributed by atoms with E-state index >= 15 is 0 Å². The van der Waals surface area contributed by atoms with Crippen molar-refractivity contribution in [3.8, 4) is 0 Å². The molecule has 0 aromatic heterocycles. The summed E-state index contributed by atoms with van der Waals surface area (Å²) >= 11 is 0. The monoisotopic (exact) mass is 258 g/mol. The lowest BCUT2D eigenvalue weighted by Gasteiger charge is -2.27. The summed E-state index contributed by atoms with van der Waals surface area (Å²) in [7, 11) is 0. The normalized spacial score (nSPS) is 23.9. The van der Waals surface area contributed by atoms with Crippen LogP contribution in [0.25, 0.3) is 0 Å². The molecular weight excluding hydrogens is 232 g/mol. The van der Waals surface area contributed by atoms with Gasteiger partial charge in [0.25, 0.3) is 0 Å². The van der Waals surface area contributed by atoms with Crippen LogP contribution in [-0.4, -0.2) is 6.61 Å². The van der Waals surface area contributed by atoms with Crippen molar-refractivity contribution in [3.63, 3.8) is 0 Å². The zero-order valence-electron chi connectivity index (χ0n) is 12.3. The van der Waals surface area contributed by atoms with E-state index in [1.165, 1.54) is 36.8 Å². The second-order valence-corrected chi connectivity index (χ2v) is 5.52. The molecule has 1 aliphatic carbocycles. The summed E-state index contributed by atoms with van der Waals surface area (Å²) in [4.78, 5) is 0. The van der Waals surface area contributed by atoms with Crippen LogP contribution in [-0.2, 0) is 11.3 Å². The fraction of sp³-hybridized carbons (Fsp3) is 0.556. The van der Waals surface area contributed by atoms with Crippen molar-refractivity contribution in [2.24, 2.45) is 5.92 Å². The molecule has 0 radical (unpaired) electrons. The Morgan fingerprint density at radius 3 is 2.37 bits per heavy atom. The van der Waals surface area contributed by atoms with Gasteiger partial charge in [-0.1, -0.05) is 36.4 Å². The number of allylic oxidation sites excluding steroid dienone is 2. The van der Waals surface area contributed by atoms with E-state index in [-0.39, 0.29) is 0 Å². The molecule has 0 aliphatic heterocycles. The number of ether oxygens (including phenoxy) is 1. The molecule has 1 heteroatoms. The highest BCUT2D eigenvalue weighted by Crippen LogP contribution is 2.36. The van der Waals surface area contributed by atoms with Crippen LogP contribution in [0, 0.1) is 5.92 Å². The molecule has 1 aromatic rings. The van der Waals surface area contributed by atoms with Gasteiger partial charge in [-0.25, -0.2) is 0 Å². The summed E-state index contributed by atoms with van der Waals surface area (Å²) < 4.78 is 5.44. The van der Waals surface area contributed by atoms with Crippen LogP contribution in [0.5, 0.6) is 0 Å². The fourth-order valence-corrected chi connectivity index (χ4v) is 3.02. The Bertz CT molecular complexity index is 383. The van der Waals surface area contributed by atoms with E-state index in [1.54, 1.807) is 0 Å². The summed E-state index contributed by atoms with van der Waals surface area (Å²) in [6.07, 6.45) is 9.93. The number of benzene rings is 1. The van der Waals surface area contributed by atoms with Gasteiger partial charge in [-0.3, -0.25) is 0 Å². The third-order valence-corrected chi connectivity index (χ3v) is 4.16. The predicted octanol–water partition coefficient (Wildman–Crippen LogP) is 5.07. The minimum Gasteiger partial charge on any atom is -0.377 e. The summed E-state index contributed by atoms with van der Waals surface area (Å²) in [6.45, 7) is 5.70. The van der Waals surface area contributed by atoms with Crippen molar-refractivity contribution in [2.75, 3.05) is 6.61 Å². The lowest BCUT2D eigenvalue weighted by atomic mass is 9.78. The van der Waals surface area contributed by atoms with Gasteiger partial charge in [0, 0.05) is 6.61 Å². The lowest BCUT2D eigenvalue weighted by Crippen LogP contribution is -2.11. The maximum Gasteiger partial charge on any atom is 0.0716 e. The Hall–Kier alpha value is -1.08. The lowest BCUT2D eigenvalue weighted by molar-refractivity contribution is 0.134. The van der Waals surface area contributed by atoms with Crippen molar-refractivity contribution in [3.05, 3.63) is 47.5 Å². The fourth-order valence-electron chi connectivity index (χ4n) is 3.02. The third kappa shape index (κ3) is 4.21. The first kappa shape index (κ1) is 14.3. The van der Waals surface area contributed by atoms with Gasteiger partial charge in [0.05, 0.1) is 6.61 Å². The van der Waals surface area contributed by atoms with E-state index in [0.717, 1.165) is 25.0 Å². The molecule has 0 heterocycles. The Balaban J connectivity index is 1.89. The smallest absolute Gasteiger partial charge is 0.0716 e. The maximum atomic E-state index is 5.44. The maximum absolute atomic E-state index is 5.44. The highest BCUT2D eigenvalue weighted by atomic mass is 16.5. The molecule has 0 unspecified atom stereocenters. The Kier molecular flexibility index (Phi) is 5.65. The summed E-state index contributed by atoms with van der Waals surface area (Å²) in [5.74, 6) is 1.58. The van der Waals surface area contributed by atoms with Gasteiger partial charge < -0.3 is 4.74 Å². The molecule has 0 spiro atoms. The van der Waals surface area contributed by atoms with E-state index in [1.807, 2.05) is 6.92 Å². The zero-order chi connectivity index (χ0) is 13.5. The molecule has 0 N–H and O–H groups in total. The highest BCUT2D eigenvalue weighted by molar-refractivity contribution is 5.25. The van der Waals surface area contributed by atoms with Crippen LogP contribution in [0.3, 0.4) is 0 Å². The van der Waals surface area contributed by atoms with E-state index in [2.05, 4.69) is 43.3 Å². The number of rotatable bonds is 5. The van der Waals surface area contributed by atoms with Crippen LogP contribution in [0.1, 0.15) is 56.6 Å². The molecule has 19 heavy (non-hydrogen) atoms. The quantitative estimate of drug-likeness (QED) is 0.670. The minimum atomic E-state index is 0.741. The second-order valence-electron chi connectivity index (χ2n) is 5.52. The standard InChI is InChI=1S/C18H26O/c1-3-5-15-6-10-17(11-7-15)18-12-8-16(9-13-18)14-19-4-2/h3,5,8-9,12-13,15,17H,4,6-7,10-11,14H2,1-2H3/b5-3+. The van der Waals surface area contributed by atoms with E-state index < -0.39 is 0 Å². The Morgan fingerprint density at radius 2 is 1.79 bits per heavy atom. The summed E-state index contributed by atoms with van der Waals surface area (Å²) in [5, 5.41) is 0. The van der Waals surface area contributed by atoms with Crippen molar-refractivity contribution < 1.29 is 4.74 Å². The Labute approximate surface area is 117 Å². The van der Waals surface area contributed by atoms with Crippen LogP contribution < -0.4 is 0 Å². The molecule has 0 amide bonds. The van der Waals surface area contributed by atoms with Gasteiger partial charge in [-0.15, -0.1) is 0 Å². The molecule has 0 saturated heterocycles. The van der Waals surface area contributed by atoms with Crippen LogP contribution in [0.2, 0.25) is 0 Å². The van der Waals surface area contributed by atoms with E-state index in [4.69, 9.17) is 4.74 Å². The SMILES string of the molecule is C/C=C/C1CCC(c2ccc(COCC)cc2)CC1. The molecule has 1 aromatic carbocycles. The summed E-state index contributed by atoms with van der Waals surface area (Å²) in [5.41, 5.74) is 2.80. The highest BCUT2D eigenvalue weighted by Gasteiger charge is 2.20. The molecule has 1 nitrogen and oxygen atoms in total. The summed E-state index contributed by atoms with van der Waals surface area (Å²) in [6, 6.07) is 9.05. The molecule has 104 valence electrons. The molecule has 1 saturated carbocycles. The van der Waals surface area contributed by atoms with Crippen molar-refractivity contribution in [1.82, 2.24) is 0 Å². The minimum absolute atomic E-state index is 0.741. The molecular formula is C18H26O. The van der Waals surface area contributed by atoms with Crippen molar-refractivity contribution in [1.29, 1.82) is 0 Å². The largest absolute Gasteiger partial charge is 0.377 e. The van der Waals surface area contributed by atoms with Gasteiger partial charge >= 0.3 is 0 Å². The molecule has 0 atom stereocenters. The molecule has 0 bridgehead atoms. The average molecular weight is 258 g/mol. The van der Waals surface area contributed by atoms with Gasteiger partial charge in [0.2, 0.25) is 0 Å². The molecule has 1 fully saturated rings. The first-order valence-electron chi connectivity index (χ1n) is 7.63. The first-order valence-corrected chi connectivity index (χ1v) is 7.63. The number of hydrogen-bond acceptors (Lipinski definition) is 1. The second kappa shape index (κ2) is 7.49. The topological polar surface area (TPSA) is 9.23 Å².